The zero-order chi connectivity index (χ0) is 13.0. The van der Waals surface area contributed by atoms with Crippen LogP contribution in [0.3, 0.4) is 0 Å². The molecule has 6 heteroatoms. The molecule has 1 amide bonds. The number of nitrogens with one attached hydrogen (secondary N) is 1. The van der Waals surface area contributed by atoms with Gasteiger partial charge in [-0.15, -0.1) is 0 Å². The van der Waals surface area contributed by atoms with Crippen molar-refractivity contribution in [3.05, 3.63) is 23.8 Å². The smallest absolute Gasteiger partial charge is 0.251 e. The highest BCUT2D eigenvalue weighted by Crippen LogP contribution is 2.26. The van der Waals surface area contributed by atoms with E-state index in [0.717, 1.165) is 0 Å². The van der Waals surface area contributed by atoms with E-state index in [1.165, 1.54) is 19.2 Å². The molecule has 0 heterocycles. The molecule has 4 N–H and O–H groups in total. The minimum absolute atomic E-state index is 0.0943. The van der Waals surface area contributed by atoms with Gasteiger partial charge in [-0.1, -0.05) is 12.2 Å². The number of ether oxygens (including phenoxy) is 1. The molecule has 17 heavy (non-hydrogen) atoms. The molecule has 0 spiro atoms. The number of hydrogen-bond acceptors (Lipinski definition) is 4. The third kappa shape index (κ3) is 3.32. The van der Waals surface area contributed by atoms with Crippen LogP contribution in [0.15, 0.2) is 18.2 Å². The van der Waals surface area contributed by atoms with Crippen molar-refractivity contribution in [2.45, 2.75) is 13.0 Å². The summed E-state index contributed by atoms with van der Waals surface area (Å²) in [6.45, 7) is 1.68. The number of carbonyl (C=O) groups is 1. The SMILES string of the molecule is COc1ccc(C(=O)NC(C)C(N)=S)cc1O. The second-order valence-corrected chi connectivity index (χ2v) is 3.96. The van der Waals surface area contributed by atoms with Gasteiger partial charge in [0.1, 0.15) is 0 Å². The zero-order valence-electron chi connectivity index (χ0n) is 9.56. The lowest BCUT2D eigenvalue weighted by atomic mass is 10.1. The van der Waals surface area contributed by atoms with E-state index in [0.29, 0.717) is 11.3 Å². The first-order valence-corrected chi connectivity index (χ1v) is 5.33. The Bertz CT molecular complexity index is 448. The quantitative estimate of drug-likeness (QED) is 0.692. The summed E-state index contributed by atoms with van der Waals surface area (Å²) in [6, 6.07) is 3.97. The van der Waals surface area contributed by atoms with Crippen LogP contribution in [0.25, 0.3) is 0 Å². The van der Waals surface area contributed by atoms with Crippen LogP contribution in [0.4, 0.5) is 0 Å². The van der Waals surface area contributed by atoms with Crippen molar-refractivity contribution in [3.63, 3.8) is 0 Å². The molecule has 0 saturated heterocycles. The molecule has 0 aliphatic heterocycles. The molecule has 5 nitrogen and oxygen atoms in total. The summed E-state index contributed by atoms with van der Waals surface area (Å²) in [5, 5.41) is 12.1. The van der Waals surface area contributed by atoms with Crippen LogP contribution < -0.4 is 15.8 Å². The Hall–Kier alpha value is -1.82. The van der Waals surface area contributed by atoms with E-state index >= 15 is 0 Å². The number of methoxy groups -OCH3 is 1. The van der Waals surface area contributed by atoms with E-state index < -0.39 is 6.04 Å². The molecular formula is C11H14N2O3S. The van der Waals surface area contributed by atoms with Gasteiger partial charge in [-0.25, -0.2) is 0 Å². The molecule has 1 atom stereocenters. The van der Waals surface area contributed by atoms with E-state index in [2.05, 4.69) is 5.32 Å². The van der Waals surface area contributed by atoms with Crippen LogP contribution in [0.2, 0.25) is 0 Å². The van der Waals surface area contributed by atoms with Gasteiger partial charge in [0.25, 0.3) is 5.91 Å². The van der Waals surface area contributed by atoms with Gasteiger partial charge >= 0.3 is 0 Å². The van der Waals surface area contributed by atoms with Gasteiger partial charge in [-0.05, 0) is 25.1 Å². The Labute approximate surface area is 105 Å². The summed E-state index contributed by atoms with van der Waals surface area (Å²) >= 11 is 4.75. The number of carbonyl (C=O) groups excluding carboxylic acids is 1. The Kier molecular flexibility index (Phi) is 4.28. The topological polar surface area (TPSA) is 84.6 Å². The maximum atomic E-state index is 11.7. The molecule has 0 bridgehead atoms. The molecule has 1 aromatic rings. The molecule has 0 saturated carbocycles. The first kappa shape index (κ1) is 13.2. The summed E-state index contributed by atoms with van der Waals surface area (Å²) in [7, 11) is 1.43. The fourth-order valence-corrected chi connectivity index (χ4v) is 1.24. The number of rotatable bonds is 4. The Morgan fingerprint density at radius 1 is 1.59 bits per heavy atom. The molecular weight excluding hydrogens is 240 g/mol. The normalized spacial score (nSPS) is 11.6. The van der Waals surface area contributed by atoms with Crippen LogP contribution in [0, 0.1) is 0 Å². The number of phenolic OH excluding ortho intramolecular Hbond substituents is 1. The third-order valence-electron chi connectivity index (χ3n) is 2.22. The van der Waals surface area contributed by atoms with Gasteiger partial charge in [0, 0.05) is 5.56 Å². The van der Waals surface area contributed by atoms with E-state index in [4.69, 9.17) is 22.7 Å². The number of thiocarbonyl (C=S) groups is 1. The van der Waals surface area contributed by atoms with Crippen molar-refractivity contribution < 1.29 is 14.6 Å². The van der Waals surface area contributed by atoms with Crippen molar-refractivity contribution in [1.82, 2.24) is 5.32 Å². The average molecular weight is 254 g/mol. The molecule has 0 aliphatic rings. The Balaban J connectivity index is 2.83. The predicted octanol–water partition coefficient (Wildman–Crippen LogP) is 0.805. The first-order chi connectivity index (χ1) is 7.95. The standard InChI is InChI=1S/C11H14N2O3S/c1-6(10(12)17)13-11(15)7-3-4-9(16-2)8(14)5-7/h3-6,14H,1-2H3,(H2,12,17)(H,13,15). The second-order valence-electron chi connectivity index (χ2n) is 3.48. The number of benzene rings is 1. The Morgan fingerprint density at radius 2 is 2.24 bits per heavy atom. The van der Waals surface area contributed by atoms with Crippen molar-refractivity contribution in [2.75, 3.05) is 7.11 Å². The monoisotopic (exact) mass is 254 g/mol. The predicted molar refractivity (Wildman–Crippen MR) is 68.4 cm³/mol. The molecule has 1 rings (SSSR count). The zero-order valence-corrected chi connectivity index (χ0v) is 10.4. The maximum absolute atomic E-state index is 11.7. The summed E-state index contributed by atoms with van der Waals surface area (Å²) < 4.78 is 4.88. The minimum Gasteiger partial charge on any atom is -0.504 e. The van der Waals surface area contributed by atoms with Gasteiger partial charge in [0.15, 0.2) is 11.5 Å². The molecule has 0 radical (unpaired) electrons. The number of aromatic hydroxyl groups is 1. The van der Waals surface area contributed by atoms with Gasteiger partial charge < -0.3 is 20.9 Å². The van der Waals surface area contributed by atoms with Crippen LogP contribution in [-0.4, -0.2) is 29.2 Å². The van der Waals surface area contributed by atoms with Crippen molar-refractivity contribution in [3.8, 4) is 11.5 Å². The lowest BCUT2D eigenvalue weighted by molar-refractivity contribution is 0.0949. The summed E-state index contributed by atoms with van der Waals surface area (Å²) in [4.78, 5) is 11.9. The first-order valence-electron chi connectivity index (χ1n) is 4.93. The summed E-state index contributed by atoms with van der Waals surface area (Å²) in [5.41, 5.74) is 5.70. The van der Waals surface area contributed by atoms with Crippen LogP contribution in [0.1, 0.15) is 17.3 Å². The third-order valence-corrected chi connectivity index (χ3v) is 2.57. The molecule has 1 unspecified atom stereocenters. The van der Waals surface area contributed by atoms with Gasteiger partial charge in [0.05, 0.1) is 18.1 Å². The van der Waals surface area contributed by atoms with Crippen LogP contribution >= 0.6 is 12.2 Å². The lowest BCUT2D eigenvalue weighted by Crippen LogP contribution is -2.41. The van der Waals surface area contributed by atoms with E-state index in [9.17, 15) is 9.90 Å². The van der Waals surface area contributed by atoms with Crippen molar-refractivity contribution in [1.29, 1.82) is 0 Å². The fourth-order valence-electron chi connectivity index (χ4n) is 1.18. The van der Waals surface area contributed by atoms with Gasteiger partial charge in [0.2, 0.25) is 0 Å². The van der Waals surface area contributed by atoms with E-state index in [-0.39, 0.29) is 16.6 Å². The van der Waals surface area contributed by atoms with Crippen molar-refractivity contribution in [2.24, 2.45) is 5.73 Å². The number of hydrogen-bond donors (Lipinski definition) is 3. The Morgan fingerprint density at radius 3 is 2.71 bits per heavy atom. The number of phenols is 1. The highest BCUT2D eigenvalue weighted by Gasteiger charge is 2.13. The van der Waals surface area contributed by atoms with Crippen molar-refractivity contribution >= 4 is 23.1 Å². The molecule has 92 valence electrons. The molecule has 1 aromatic carbocycles. The molecule has 0 fully saturated rings. The highest BCUT2D eigenvalue weighted by atomic mass is 32.1. The van der Waals surface area contributed by atoms with Crippen LogP contribution in [-0.2, 0) is 0 Å². The number of nitrogens with two attached hydrogens (primary N) is 1. The van der Waals surface area contributed by atoms with E-state index in [1.54, 1.807) is 13.0 Å². The van der Waals surface area contributed by atoms with Gasteiger partial charge in [-0.3, -0.25) is 4.79 Å². The fraction of sp³-hybridized carbons (Fsp3) is 0.273. The number of amides is 1. The van der Waals surface area contributed by atoms with Gasteiger partial charge in [-0.2, -0.15) is 0 Å². The molecule has 0 aromatic heterocycles. The molecule has 0 aliphatic carbocycles. The summed E-state index contributed by atoms with van der Waals surface area (Å²) in [6.07, 6.45) is 0. The average Bonchev–Trinajstić information content (AvgIpc) is 2.28. The largest absolute Gasteiger partial charge is 0.504 e. The van der Waals surface area contributed by atoms with E-state index in [1.807, 2.05) is 0 Å². The maximum Gasteiger partial charge on any atom is 0.251 e. The highest BCUT2D eigenvalue weighted by molar-refractivity contribution is 7.80. The summed E-state index contributed by atoms with van der Waals surface area (Å²) in [5.74, 6) is -0.143. The lowest BCUT2D eigenvalue weighted by Gasteiger charge is -2.12. The van der Waals surface area contributed by atoms with Crippen LogP contribution in [0.5, 0.6) is 11.5 Å². The second kappa shape index (κ2) is 5.49. The minimum atomic E-state index is -0.401.